The first-order valence-corrected chi connectivity index (χ1v) is 6.68. The topological polar surface area (TPSA) is 91.0 Å². The Morgan fingerprint density at radius 2 is 2.10 bits per heavy atom. The number of nitrogens with one attached hydrogen (secondary N) is 3. The average Bonchev–Trinajstić information content (AvgIpc) is 3.17. The van der Waals surface area contributed by atoms with Crippen molar-refractivity contribution in [3.8, 4) is 0 Å². The van der Waals surface area contributed by atoms with E-state index < -0.39 is 0 Å². The number of hydrogen-bond donors (Lipinski definition) is 3. The molecule has 0 fully saturated rings. The molecule has 0 aliphatic carbocycles. The Morgan fingerprint density at radius 3 is 2.80 bits per heavy atom. The second kappa shape index (κ2) is 5.32. The Labute approximate surface area is 117 Å². The number of hydrazone groups is 1. The Morgan fingerprint density at radius 1 is 1.30 bits per heavy atom. The number of hydrogen-bond acceptors (Lipinski definition) is 7. The van der Waals surface area contributed by atoms with Crippen LogP contribution in [0.1, 0.15) is 18.2 Å². The first-order chi connectivity index (χ1) is 9.75. The van der Waals surface area contributed by atoms with Crippen molar-refractivity contribution in [1.82, 2.24) is 25.8 Å². The predicted octanol–water partition coefficient (Wildman–Crippen LogP) is -0.728. The molecule has 3 rings (SSSR count). The molecule has 0 aromatic carbocycles. The van der Waals surface area contributed by atoms with Crippen LogP contribution in [0.15, 0.2) is 21.3 Å². The van der Waals surface area contributed by atoms with Crippen LogP contribution in [0.4, 0.5) is 0 Å². The van der Waals surface area contributed by atoms with Crippen LogP contribution in [0.5, 0.6) is 0 Å². The zero-order chi connectivity index (χ0) is 13.9. The first kappa shape index (κ1) is 12.6. The summed E-state index contributed by atoms with van der Waals surface area (Å²) in [6.07, 6.45) is 1.81. The van der Waals surface area contributed by atoms with Gasteiger partial charge in [0.1, 0.15) is 0 Å². The molecule has 0 radical (unpaired) electrons. The number of aromatic nitrogens is 2. The van der Waals surface area contributed by atoms with E-state index in [1.165, 1.54) is 0 Å². The van der Waals surface area contributed by atoms with E-state index in [0.717, 1.165) is 55.1 Å². The van der Waals surface area contributed by atoms with Gasteiger partial charge in [0.05, 0.1) is 30.7 Å². The van der Waals surface area contributed by atoms with Crippen LogP contribution in [0.25, 0.3) is 0 Å². The lowest BCUT2D eigenvalue weighted by Gasteiger charge is -2.06. The number of rotatable bonds is 2. The van der Waals surface area contributed by atoms with Gasteiger partial charge in [-0.2, -0.15) is 10.2 Å². The highest BCUT2D eigenvalue weighted by atomic mass is 15.4. The average molecular weight is 274 g/mol. The number of nitrogens with zero attached hydrogens (tertiary/aromatic N) is 5. The molecule has 0 atom stereocenters. The molecule has 0 amide bonds. The monoisotopic (exact) mass is 274 g/mol. The Hall–Kier alpha value is -2.38. The Kier molecular flexibility index (Phi) is 3.36. The van der Waals surface area contributed by atoms with Crippen LogP contribution < -0.4 is 16.1 Å². The van der Waals surface area contributed by atoms with E-state index in [4.69, 9.17) is 0 Å². The minimum Gasteiger partial charge on any atom is -0.353 e. The minimum atomic E-state index is 0.719. The van der Waals surface area contributed by atoms with Gasteiger partial charge in [-0.3, -0.25) is 0 Å². The first-order valence-electron chi connectivity index (χ1n) is 6.68. The normalized spacial score (nSPS) is 18.4. The Balaban J connectivity index is 1.77. The summed E-state index contributed by atoms with van der Waals surface area (Å²) in [5.41, 5.74) is 5.80. The molecular formula is C12H18N8. The van der Waals surface area contributed by atoms with E-state index in [9.17, 15) is 0 Å². The zero-order valence-corrected chi connectivity index (χ0v) is 11.6. The molecular weight excluding hydrogens is 256 g/mol. The van der Waals surface area contributed by atoms with Crippen molar-refractivity contribution in [2.45, 2.75) is 13.8 Å². The van der Waals surface area contributed by atoms with Crippen molar-refractivity contribution in [3.63, 3.8) is 0 Å². The van der Waals surface area contributed by atoms with E-state index >= 15 is 0 Å². The summed E-state index contributed by atoms with van der Waals surface area (Å²) in [7, 11) is 0. The highest BCUT2D eigenvalue weighted by Crippen LogP contribution is 2.09. The molecule has 0 spiro atoms. The molecule has 3 heterocycles. The van der Waals surface area contributed by atoms with E-state index in [0.29, 0.717) is 0 Å². The van der Waals surface area contributed by atoms with Gasteiger partial charge in [-0.15, -0.1) is 0 Å². The summed E-state index contributed by atoms with van der Waals surface area (Å²) >= 11 is 0. The minimum absolute atomic E-state index is 0.719. The fourth-order valence-electron chi connectivity index (χ4n) is 2.18. The van der Waals surface area contributed by atoms with Crippen molar-refractivity contribution >= 4 is 17.6 Å². The fourth-order valence-corrected chi connectivity index (χ4v) is 2.18. The van der Waals surface area contributed by atoms with Crippen LogP contribution in [0.2, 0.25) is 0 Å². The molecule has 20 heavy (non-hydrogen) atoms. The third-order valence-corrected chi connectivity index (χ3v) is 3.26. The zero-order valence-electron chi connectivity index (χ0n) is 11.6. The van der Waals surface area contributed by atoms with Gasteiger partial charge in [-0.05, 0) is 13.8 Å². The molecule has 2 aliphatic rings. The molecule has 3 N–H and O–H groups in total. The molecule has 0 saturated heterocycles. The maximum Gasteiger partial charge on any atom is 0.219 e. The maximum atomic E-state index is 4.37. The quantitative estimate of drug-likeness (QED) is 0.490. The summed E-state index contributed by atoms with van der Waals surface area (Å²) in [5.74, 6) is 1.52. The van der Waals surface area contributed by atoms with E-state index in [2.05, 4.69) is 36.2 Å². The third kappa shape index (κ3) is 2.36. The summed E-state index contributed by atoms with van der Waals surface area (Å²) in [4.78, 5) is 8.60. The van der Waals surface area contributed by atoms with Crippen LogP contribution in [0.3, 0.4) is 0 Å². The second-order valence-electron chi connectivity index (χ2n) is 4.65. The smallest absolute Gasteiger partial charge is 0.219 e. The lowest BCUT2D eigenvalue weighted by Crippen LogP contribution is -2.31. The van der Waals surface area contributed by atoms with Gasteiger partial charge >= 0.3 is 0 Å². The fraction of sp³-hybridized carbons (Fsp3) is 0.500. The van der Waals surface area contributed by atoms with Gasteiger partial charge < -0.3 is 10.6 Å². The van der Waals surface area contributed by atoms with E-state index in [-0.39, 0.29) is 0 Å². The van der Waals surface area contributed by atoms with E-state index in [1.807, 2.05) is 24.7 Å². The van der Waals surface area contributed by atoms with Crippen LogP contribution in [-0.2, 0) is 0 Å². The van der Waals surface area contributed by atoms with Crippen molar-refractivity contribution in [2.75, 3.05) is 26.2 Å². The van der Waals surface area contributed by atoms with Crippen LogP contribution in [0, 0.1) is 6.92 Å². The Bertz CT molecular complexity index is 595. The summed E-state index contributed by atoms with van der Waals surface area (Å²) in [6, 6.07) is 0. The highest BCUT2D eigenvalue weighted by Gasteiger charge is 2.15. The number of guanidine groups is 1. The standard InChI is InChI=1S/C12H18N8/c1-8(18-19-11-13-3-4-14-11)10-7-17-20(9(10)2)12-15-5-6-16-12/h7H,3-6H2,1-2H3,(H,15,16)(H2,13,14,19). The predicted molar refractivity (Wildman–Crippen MR) is 78.3 cm³/mol. The van der Waals surface area contributed by atoms with Gasteiger partial charge in [-0.1, -0.05) is 0 Å². The molecule has 0 unspecified atom stereocenters. The molecule has 0 bridgehead atoms. The van der Waals surface area contributed by atoms with Crippen molar-refractivity contribution in [2.24, 2.45) is 15.1 Å². The van der Waals surface area contributed by atoms with Crippen LogP contribution >= 0.6 is 0 Å². The van der Waals surface area contributed by atoms with E-state index in [1.54, 1.807) is 0 Å². The largest absolute Gasteiger partial charge is 0.353 e. The molecule has 1 aromatic heterocycles. The SMILES string of the molecule is CC(=NNC1=NCCN1)c1cnn(C2=NCCN2)c1C. The van der Waals surface area contributed by atoms with Gasteiger partial charge in [0.2, 0.25) is 11.9 Å². The molecule has 106 valence electrons. The second-order valence-corrected chi connectivity index (χ2v) is 4.65. The van der Waals surface area contributed by atoms with Gasteiger partial charge in [0.15, 0.2) is 0 Å². The van der Waals surface area contributed by atoms with Crippen molar-refractivity contribution < 1.29 is 0 Å². The number of aliphatic imine (C=N–C) groups is 2. The molecule has 1 aromatic rings. The van der Waals surface area contributed by atoms with Gasteiger partial charge in [0, 0.05) is 18.7 Å². The molecule has 0 saturated carbocycles. The van der Waals surface area contributed by atoms with Crippen LogP contribution in [-0.4, -0.2) is 53.6 Å². The summed E-state index contributed by atoms with van der Waals surface area (Å²) < 4.78 is 1.81. The molecule has 8 heteroatoms. The summed E-state index contributed by atoms with van der Waals surface area (Å²) in [6.45, 7) is 7.27. The van der Waals surface area contributed by atoms with Gasteiger partial charge in [-0.25, -0.2) is 20.1 Å². The third-order valence-electron chi connectivity index (χ3n) is 3.26. The van der Waals surface area contributed by atoms with Crippen molar-refractivity contribution in [3.05, 3.63) is 17.5 Å². The molecule has 8 nitrogen and oxygen atoms in total. The lowest BCUT2D eigenvalue weighted by atomic mass is 10.2. The van der Waals surface area contributed by atoms with Crippen molar-refractivity contribution in [1.29, 1.82) is 0 Å². The van der Waals surface area contributed by atoms with Gasteiger partial charge in [0.25, 0.3) is 0 Å². The highest BCUT2D eigenvalue weighted by molar-refractivity contribution is 6.01. The lowest BCUT2D eigenvalue weighted by molar-refractivity contribution is 0.850. The molecule has 2 aliphatic heterocycles. The summed E-state index contributed by atoms with van der Waals surface area (Å²) in [5, 5.41) is 15.0. The maximum absolute atomic E-state index is 4.37.